The number of ether oxygens (including phenoxy) is 1. The third-order valence-corrected chi connectivity index (χ3v) is 3.08. The first kappa shape index (κ1) is 11.3. The van der Waals surface area contributed by atoms with Gasteiger partial charge in [0, 0.05) is 6.61 Å². The predicted octanol–water partition coefficient (Wildman–Crippen LogP) is 1.98. The average molecular weight is 206 g/mol. The number of halogens is 1. The van der Waals surface area contributed by atoms with Crippen LogP contribution in [0.15, 0.2) is 0 Å². The highest BCUT2D eigenvalue weighted by Crippen LogP contribution is 2.24. The maximum absolute atomic E-state index is 5.64. The lowest BCUT2D eigenvalue weighted by Crippen LogP contribution is -2.29. The molecule has 0 aromatic heterocycles. The number of nitrogens with one attached hydrogen (secondary N) is 1. The van der Waals surface area contributed by atoms with Crippen molar-refractivity contribution in [3.05, 3.63) is 0 Å². The molecule has 3 heteroatoms. The van der Waals surface area contributed by atoms with E-state index in [-0.39, 0.29) is 12.4 Å². The molecule has 0 saturated carbocycles. The molecule has 78 valence electrons. The summed E-state index contributed by atoms with van der Waals surface area (Å²) < 4.78 is 5.64. The van der Waals surface area contributed by atoms with E-state index in [2.05, 4.69) is 5.32 Å². The van der Waals surface area contributed by atoms with Gasteiger partial charge >= 0.3 is 0 Å². The van der Waals surface area contributed by atoms with Crippen LogP contribution in [-0.4, -0.2) is 25.8 Å². The first-order valence-corrected chi connectivity index (χ1v) is 5.27. The second-order valence-corrected chi connectivity index (χ2v) is 4.06. The Morgan fingerprint density at radius 2 is 1.92 bits per heavy atom. The molecular weight excluding hydrogens is 186 g/mol. The van der Waals surface area contributed by atoms with E-state index in [0.29, 0.717) is 6.10 Å². The Labute approximate surface area is 86.8 Å². The van der Waals surface area contributed by atoms with Gasteiger partial charge in [-0.05, 0) is 51.1 Å². The van der Waals surface area contributed by atoms with Crippen molar-refractivity contribution < 1.29 is 4.74 Å². The second-order valence-electron chi connectivity index (χ2n) is 4.06. The van der Waals surface area contributed by atoms with E-state index in [1.54, 1.807) is 0 Å². The maximum Gasteiger partial charge on any atom is 0.0578 e. The van der Waals surface area contributed by atoms with Crippen LogP contribution >= 0.6 is 12.4 Å². The third kappa shape index (κ3) is 3.45. The number of hydrogen-bond donors (Lipinski definition) is 1. The van der Waals surface area contributed by atoms with Crippen molar-refractivity contribution in [1.82, 2.24) is 5.32 Å². The normalized spacial score (nSPS) is 30.0. The summed E-state index contributed by atoms with van der Waals surface area (Å²) in [5.74, 6) is 0.939. The van der Waals surface area contributed by atoms with Gasteiger partial charge in [-0.1, -0.05) is 0 Å². The first-order chi connectivity index (χ1) is 5.95. The molecule has 2 fully saturated rings. The lowest BCUT2D eigenvalue weighted by molar-refractivity contribution is 0.0844. The highest BCUT2D eigenvalue weighted by molar-refractivity contribution is 5.85. The molecule has 0 aromatic carbocycles. The molecule has 2 aliphatic heterocycles. The van der Waals surface area contributed by atoms with E-state index in [1.165, 1.54) is 45.2 Å². The first-order valence-electron chi connectivity index (χ1n) is 5.27. The summed E-state index contributed by atoms with van der Waals surface area (Å²) in [5.41, 5.74) is 0. The van der Waals surface area contributed by atoms with E-state index in [9.17, 15) is 0 Å². The van der Waals surface area contributed by atoms with Crippen LogP contribution in [0.3, 0.4) is 0 Å². The largest absolute Gasteiger partial charge is 0.378 e. The molecule has 0 bridgehead atoms. The van der Waals surface area contributed by atoms with Crippen LogP contribution in [0.2, 0.25) is 0 Å². The van der Waals surface area contributed by atoms with E-state index in [4.69, 9.17) is 4.74 Å². The smallest absolute Gasteiger partial charge is 0.0578 e. The molecule has 0 amide bonds. The SMILES string of the molecule is C1COC(CC2CCNCC2)C1.Cl. The quantitative estimate of drug-likeness (QED) is 0.745. The third-order valence-electron chi connectivity index (χ3n) is 3.08. The van der Waals surface area contributed by atoms with Gasteiger partial charge in [0.15, 0.2) is 0 Å². The van der Waals surface area contributed by atoms with Gasteiger partial charge < -0.3 is 10.1 Å². The fourth-order valence-corrected chi connectivity index (χ4v) is 2.32. The molecule has 0 spiro atoms. The monoisotopic (exact) mass is 205 g/mol. The molecule has 13 heavy (non-hydrogen) atoms. The summed E-state index contributed by atoms with van der Waals surface area (Å²) >= 11 is 0. The molecule has 0 aliphatic carbocycles. The molecule has 0 radical (unpaired) electrons. The molecule has 2 nitrogen and oxygen atoms in total. The van der Waals surface area contributed by atoms with Gasteiger partial charge in [0.05, 0.1) is 6.10 Å². The molecule has 1 N–H and O–H groups in total. The van der Waals surface area contributed by atoms with Crippen LogP contribution in [0.5, 0.6) is 0 Å². The van der Waals surface area contributed by atoms with Crippen molar-refractivity contribution in [3.8, 4) is 0 Å². The van der Waals surface area contributed by atoms with E-state index < -0.39 is 0 Å². The molecule has 0 aromatic rings. The van der Waals surface area contributed by atoms with Gasteiger partial charge in [-0.15, -0.1) is 12.4 Å². The van der Waals surface area contributed by atoms with Gasteiger partial charge in [0.1, 0.15) is 0 Å². The van der Waals surface area contributed by atoms with Gasteiger partial charge in [0.2, 0.25) is 0 Å². The average Bonchev–Trinajstić information content (AvgIpc) is 2.59. The van der Waals surface area contributed by atoms with E-state index >= 15 is 0 Å². The molecule has 2 saturated heterocycles. The minimum absolute atomic E-state index is 0. The Bertz CT molecular complexity index is 131. The maximum atomic E-state index is 5.64. The Morgan fingerprint density at radius 1 is 1.15 bits per heavy atom. The van der Waals surface area contributed by atoms with Crippen LogP contribution in [0, 0.1) is 5.92 Å². The van der Waals surface area contributed by atoms with E-state index in [0.717, 1.165) is 12.5 Å². The van der Waals surface area contributed by atoms with Gasteiger partial charge in [0.25, 0.3) is 0 Å². The predicted molar refractivity (Wildman–Crippen MR) is 56.4 cm³/mol. The van der Waals surface area contributed by atoms with Crippen molar-refractivity contribution in [2.75, 3.05) is 19.7 Å². The van der Waals surface area contributed by atoms with Crippen LogP contribution in [-0.2, 0) is 4.74 Å². The lowest BCUT2D eigenvalue weighted by atomic mass is 9.91. The summed E-state index contributed by atoms with van der Waals surface area (Å²) in [6, 6.07) is 0. The minimum Gasteiger partial charge on any atom is -0.378 e. The Kier molecular flexibility index (Phi) is 5.07. The lowest BCUT2D eigenvalue weighted by Gasteiger charge is -2.24. The van der Waals surface area contributed by atoms with Crippen LogP contribution < -0.4 is 5.32 Å². The number of hydrogen-bond acceptors (Lipinski definition) is 2. The van der Waals surface area contributed by atoms with Gasteiger partial charge in [-0.2, -0.15) is 0 Å². The number of rotatable bonds is 2. The zero-order chi connectivity index (χ0) is 8.23. The summed E-state index contributed by atoms with van der Waals surface area (Å²) in [6.45, 7) is 3.45. The van der Waals surface area contributed by atoms with Crippen LogP contribution in [0.25, 0.3) is 0 Å². The van der Waals surface area contributed by atoms with Gasteiger partial charge in [-0.25, -0.2) is 0 Å². The van der Waals surface area contributed by atoms with Crippen molar-refractivity contribution in [1.29, 1.82) is 0 Å². The minimum atomic E-state index is 0. The second kappa shape index (κ2) is 5.84. The summed E-state index contributed by atoms with van der Waals surface area (Å²) in [6.07, 6.45) is 7.24. The van der Waals surface area contributed by atoms with Crippen LogP contribution in [0.1, 0.15) is 32.1 Å². The molecular formula is C10H20ClNO. The summed E-state index contributed by atoms with van der Waals surface area (Å²) in [5, 5.41) is 3.40. The fourth-order valence-electron chi connectivity index (χ4n) is 2.32. The molecule has 2 aliphatic rings. The van der Waals surface area contributed by atoms with Crippen molar-refractivity contribution in [3.63, 3.8) is 0 Å². The van der Waals surface area contributed by atoms with Gasteiger partial charge in [-0.3, -0.25) is 0 Å². The Balaban J connectivity index is 0.000000845. The highest BCUT2D eigenvalue weighted by atomic mass is 35.5. The topological polar surface area (TPSA) is 21.3 Å². The zero-order valence-electron chi connectivity index (χ0n) is 8.13. The molecule has 2 rings (SSSR count). The summed E-state index contributed by atoms with van der Waals surface area (Å²) in [7, 11) is 0. The van der Waals surface area contributed by atoms with E-state index in [1.807, 2.05) is 0 Å². The van der Waals surface area contributed by atoms with Crippen molar-refractivity contribution in [2.45, 2.75) is 38.2 Å². The number of piperidine rings is 1. The zero-order valence-corrected chi connectivity index (χ0v) is 8.94. The molecule has 2 heterocycles. The Morgan fingerprint density at radius 3 is 2.54 bits per heavy atom. The Hall–Kier alpha value is 0.210. The fraction of sp³-hybridized carbons (Fsp3) is 1.00. The highest BCUT2D eigenvalue weighted by Gasteiger charge is 2.21. The molecule has 1 atom stereocenters. The van der Waals surface area contributed by atoms with Crippen molar-refractivity contribution in [2.24, 2.45) is 5.92 Å². The van der Waals surface area contributed by atoms with Crippen LogP contribution in [0.4, 0.5) is 0 Å². The summed E-state index contributed by atoms with van der Waals surface area (Å²) in [4.78, 5) is 0. The van der Waals surface area contributed by atoms with Crippen molar-refractivity contribution >= 4 is 12.4 Å². The standard InChI is InChI=1S/C10H19NO.ClH/c1-2-10(12-7-1)8-9-3-5-11-6-4-9;/h9-11H,1-8H2;1H. The molecule has 1 unspecified atom stereocenters.